The van der Waals surface area contributed by atoms with Crippen LogP contribution in [-0.4, -0.2) is 27.4 Å². The molecule has 1 rings (SSSR count). The zero-order valence-electron chi connectivity index (χ0n) is 9.37. The fraction of sp³-hybridized carbons (Fsp3) is 0.333. The van der Waals surface area contributed by atoms with Crippen molar-refractivity contribution in [2.45, 2.75) is 10.8 Å². The lowest BCUT2D eigenvalue weighted by Gasteiger charge is -2.15. The first-order valence-corrected chi connectivity index (χ1v) is 7.36. The lowest BCUT2D eigenvalue weighted by atomic mass is 10.3. The molecule has 4 nitrogen and oxygen atoms in total. The van der Waals surface area contributed by atoms with Crippen LogP contribution in [0.2, 0.25) is 5.02 Å². The van der Waals surface area contributed by atoms with Crippen LogP contribution in [0, 0.1) is 0 Å². The Morgan fingerprint density at radius 1 is 1.42 bits per heavy atom. The zero-order valence-corrected chi connectivity index (χ0v) is 13.3. The molecule has 0 aromatic heterocycles. The molecule has 0 atom stereocenters. The summed E-state index contributed by atoms with van der Waals surface area (Å²) >= 11 is 8.83. The normalized spacial score (nSPS) is 12.1. The Morgan fingerprint density at radius 3 is 2.53 bits per heavy atom. The number of sulfonamides is 1. The summed E-state index contributed by atoms with van der Waals surface area (Å²) in [5.74, 6) is -3.30. The molecule has 1 aromatic carbocycles. The Morgan fingerprint density at radius 2 is 2.00 bits per heavy atom. The van der Waals surface area contributed by atoms with Gasteiger partial charge in [0.25, 0.3) is 5.92 Å². The minimum absolute atomic E-state index is 0. The van der Waals surface area contributed by atoms with Crippen molar-refractivity contribution in [3.63, 3.8) is 0 Å². The molecule has 1 aromatic rings. The van der Waals surface area contributed by atoms with E-state index in [0.717, 1.165) is 0 Å². The average Bonchev–Trinajstić information content (AvgIpc) is 2.30. The van der Waals surface area contributed by atoms with Gasteiger partial charge in [0.15, 0.2) is 0 Å². The number of halogens is 5. The molecule has 0 amide bonds. The number of nitrogens with one attached hydrogen (secondary N) is 1. The highest BCUT2D eigenvalue weighted by Gasteiger charge is 2.30. The van der Waals surface area contributed by atoms with Crippen LogP contribution in [0.15, 0.2) is 27.6 Å². The first-order valence-electron chi connectivity index (χ1n) is 4.71. The molecule has 0 fully saturated rings. The van der Waals surface area contributed by atoms with Crippen LogP contribution in [0.25, 0.3) is 0 Å². The zero-order chi connectivity index (χ0) is 14.0. The Hall–Kier alpha value is 0.01000. The minimum atomic E-state index is -4.10. The first kappa shape index (κ1) is 19.0. The second-order valence-corrected chi connectivity index (χ2v) is 6.40. The summed E-state index contributed by atoms with van der Waals surface area (Å²) in [6.07, 6.45) is 0. The second-order valence-electron chi connectivity index (χ2n) is 3.44. The van der Waals surface area contributed by atoms with Gasteiger partial charge in [0.1, 0.15) is 4.90 Å². The fourth-order valence-corrected chi connectivity index (χ4v) is 3.13. The molecule has 3 N–H and O–H groups in total. The van der Waals surface area contributed by atoms with E-state index in [1.54, 1.807) is 4.72 Å². The Bertz CT molecular complexity index is 543. The number of rotatable bonds is 5. The molecule has 0 radical (unpaired) electrons. The molecule has 19 heavy (non-hydrogen) atoms. The van der Waals surface area contributed by atoms with Gasteiger partial charge < -0.3 is 5.73 Å². The van der Waals surface area contributed by atoms with E-state index in [1.165, 1.54) is 18.2 Å². The molecule has 0 spiro atoms. The summed E-state index contributed by atoms with van der Waals surface area (Å²) in [4.78, 5) is -0.272. The van der Waals surface area contributed by atoms with Gasteiger partial charge in [0.05, 0.1) is 18.1 Å². The van der Waals surface area contributed by atoms with Crippen molar-refractivity contribution in [3.05, 3.63) is 27.7 Å². The quantitative estimate of drug-likeness (QED) is 0.798. The van der Waals surface area contributed by atoms with Crippen LogP contribution >= 0.6 is 39.9 Å². The van der Waals surface area contributed by atoms with Crippen LogP contribution in [0.3, 0.4) is 0 Å². The standard InChI is InChI=1S/C9H10BrClF2N2O2S.ClH/c10-6-2-1-3-7(8(6)11)18(16,17)15-5-9(12,13)4-14;/h1-3,15H,4-5,14H2;1H. The summed E-state index contributed by atoms with van der Waals surface area (Å²) in [5, 5.41) is -0.0685. The first-order chi connectivity index (χ1) is 8.19. The van der Waals surface area contributed by atoms with E-state index in [4.69, 9.17) is 17.3 Å². The molecule has 0 unspecified atom stereocenters. The molecule has 110 valence electrons. The van der Waals surface area contributed by atoms with Gasteiger partial charge in [-0.2, -0.15) is 0 Å². The van der Waals surface area contributed by atoms with Gasteiger partial charge >= 0.3 is 0 Å². The molecule has 0 aliphatic heterocycles. The predicted molar refractivity (Wildman–Crippen MR) is 75.6 cm³/mol. The highest BCUT2D eigenvalue weighted by molar-refractivity contribution is 9.10. The van der Waals surface area contributed by atoms with Crippen molar-refractivity contribution < 1.29 is 17.2 Å². The van der Waals surface area contributed by atoms with Gasteiger partial charge in [-0.1, -0.05) is 17.7 Å². The van der Waals surface area contributed by atoms with Crippen LogP contribution < -0.4 is 10.5 Å². The Labute approximate surface area is 129 Å². The summed E-state index contributed by atoms with van der Waals surface area (Å²) < 4.78 is 51.5. The molecular formula is C9H11BrCl2F2N2O2S. The number of hydrogen-bond donors (Lipinski definition) is 2. The molecule has 0 saturated carbocycles. The van der Waals surface area contributed by atoms with E-state index in [0.29, 0.717) is 4.47 Å². The largest absolute Gasteiger partial charge is 0.325 e. The maximum absolute atomic E-state index is 12.9. The topological polar surface area (TPSA) is 72.2 Å². The lowest BCUT2D eigenvalue weighted by Crippen LogP contribution is -2.41. The van der Waals surface area contributed by atoms with Crippen molar-refractivity contribution >= 4 is 50.0 Å². The highest BCUT2D eigenvalue weighted by atomic mass is 79.9. The van der Waals surface area contributed by atoms with Crippen molar-refractivity contribution in [1.82, 2.24) is 4.72 Å². The summed E-state index contributed by atoms with van der Waals surface area (Å²) in [5.41, 5.74) is 4.81. The van der Waals surface area contributed by atoms with E-state index >= 15 is 0 Å². The SMILES string of the molecule is Cl.NCC(F)(F)CNS(=O)(=O)c1cccc(Br)c1Cl. The third-order valence-electron chi connectivity index (χ3n) is 2.03. The number of hydrogen-bond acceptors (Lipinski definition) is 3. The lowest BCUT2D eigenvalue weighted by molar-refractivity contribution is 0.0170. The molecule has 0 aliphatic rings. The molecular weight excluding hydrogens is 389 g/mol. The smallest absolute Gasteiger partial charge is 0.273 e. The number of benzene rings is 1. The maximum atomic E-state index is 12.9. The van der Waals surface area contributed by atoms with Gasteiger partial charge in [0.2, 0.25) is 10.0 Å². The molecule has 0 aliphatic carbocycles. The second kappa shape index (κ2) is 7.14. The highest BCUT2D eigenvalue weighted by Crippen LogP contribution is 2.29. The Balaban J connectivity index is 0.00000324. The van der Waals surface area contributed by atoms with Gasteiger partial charge in [-0.05, 0) is 28.1 Å². The van der Waals surface area contributed by atoms with Gasteiger partial charge in [-0.25, -0.2) is 21.9 Å². The minimum Gasteiger partial charge on any atom is -0.325 e. The fourth-order valence-electron chi connectivity index (χ4n) is 1.04. The number of alkyl halides is 2. The van der Waals surface area contributed by atoms with E-state index < -0.39 is 29.0 Å². The molecule has 0 heterocycles. The van der Waals surface area contributed by atoms with Gasteiger partial charge in [-0.3, -0.25) is 0 Å². The van der Waals surface area contributed by atoms with Crippen LogP contribution in [0.1, 0.15) is 0 Å². The van der Waals surface area contributed by atoms with Crippen LogP contribution in [0.4, 0.5) is 8.78 Å². The van der Waals surface area contributed by atoms with E-state index in [1.807, 2.05) is 0 Å². The van der Waals surface area contributed by atoms with Crippen LogP contribution in [0.5, 0.6) is 0 Å². The summed E-state index contributed by atoms with van der Waals surface area (Å²) in [6, 6.07) is 4.19. The van der Waals surface area contributed by atoms with Crippen molar-refractivity contribution in [1.29, 1.82) is 0 Å². The Kier molecular flexibility index (Phi) is 7.15. The molecule has 0 saturated heterocycles. The van der Waals surface area contributed by atoms with E-state index in [-0.39, 0.29) is 22.3 Å². The summed E-state index contributed by atoms with van der Waals surface area (Å²) in [6.45, 7) is -2.02. The van der Waals surface area contributed by atoms with Gasteiger partial charge in [0, 0.05) is 4.47 Å². The monoisotopic (exact) mass is 398 g/mol. The maximum Gasteiger partial charge on any atom is 0.273 e. The molecule has 10 heteroatoms. The van der Waals surface area contributed by atoms with Crippen molar-refractivity contribution in [2.75, 3.05) is 13.1 Å². The van der Waals surface area contributed by atoms with Crippen LogP contribution in [-0.2, 0) is 10.0 Å². The number of nitrogens with two attached hydrogens (primary N) is 1. The third-order valence-corrected chi connectivity index (χ3v) is 4.88. The summed E-state index contributed by atoms with van der Waals surface area (Å²) in [7, 11) is -4.10. The predicted octanol–water partition coefficient (Wildman–Crippen LogP) is 2.40. The average molecular weight is 400 g/mol. The van der Waals surface area contributed by atoms with E-state index in [9.17, 15) is 17.2 Å². The van der Waals surface area contributed by atoms with E-state index in [2.05, 4.69) is 15.9 Å². The van der Waals surface area contributed by atoms with Crippen molar-refractivity contribution in [2.24, 2.45) is 5.73 Å². The van der Waals surface area contributed by atoms with Gasteiger partial charge in [-0.15, -0.1) is 12.4 Å². The third kappa shape index (κ3) is 5.13. The molecule has 0 bridgehead atoms. The van der Waals surface area contributed by atoms with Crippen molar-refractivity contribution in [3.8, 4) is 0 Å².